The summed E-state index contributed by atoms with van der Waals surface area (Å²) in [6.07, 6.45) is 13.2. The zero-order valence-electron chi connectivity index (χ0n) is 23.6. The molecule has 4 N–H and O–H groups in total. The van der Waals surface area contributed by atoms with Crippen LogP contribution in [0.25, 0.3) is 0 Å². The highest BCUT2D eigenvalue weighted by molar-refractivity contribution is 8.00. The molecule has 2 saturated heterocycles. The van der Waals surface area contributed by atoms with Gasteiger partial charge in [-0.15, -0.1) is 0 Å². The minimum absolute atomic E-state index is 0.0129. The Bertz CT molecular complexity index is 793. The van der Waals surface area contributed by atoms with Crippen LogP contribution in [0, 0.1) is 0 Å². The second-order valence-electron chi connectivity index (χ2n) is 10.6. The summed E-state index contributed by atoms with van der Waals surface area (Å²) in [5, 5.41) is 12.4. The van der Waals surface area contributed by atoms with Gasteiger partial charge in [-0.3, -0.25) is 14.2 Å². The van der Waals surface area contributed by atoms with Crippen molar-refractivity contribution in [3.05, 3.63) is 0 Å². The highest BCUT2D eigenvalue weighted by Crippen LogP contribution is 2.49. The lowest BCUT2D eigenvalue weighted by Gasteiger charge is -2.16. The maximum absolute atomic E-state index is 13.4. The van der Waals surface area contributed by atoms with Crippen molar-refractivity contribution in [3.8, 4) is 0 Å². The van der Waals surface area contributed by atoms with Crippen molar-refractivity contribution in [1.82, 2.24) is 21.3 Å². The molecule has 4 atom stereocenters. The van der Waals surface area contributed by atoms with Crippen LogP contribution >= 0.6 is 19.4 Å². The van der Waals surface area contributed by atoms with E-state index in [2.05, 4.69) is 25.8 Å². The first kappa shape index (κ1) is 33.9. The first-order chi connectivity index (χ1) is 18.8. The Hall–Kier alpha value is -1.32. The van der Waals surface area contributed by atoms with E-state index in [0.717, 1.165) is 82.8 Å². The highest BCUT2D eigenvalue weighted by Gasteiger charge is 2.42. The predicted octanol–water partition coefficient (Wildman–Crippen LogP) is 5.43. The number of amides is 4. The topological polar surface area (TPSA) is 126 Å². The number of unbranched alkanes of at least 4 members (excludes halogenated alkanes) is 9. The fourth-order valence-corrected chi connectivity index (χ4v) is 7.72. The van der Waals surface area contributed by atoms with E-state index < -0.39 is 7.68 Å². The predicted molar refractivity (Wildman–Crippen MR) is 156 cm³/mol. The van der Waals surface area contributed by atoms with Crippen LogP contribution in [0.2, 0.25) is 0 Å². The number of nitrogens with one attached hydrogen (secondary N) is 4. The van der Waals surface area contributed by atoms with E-state index in [1.54, 1.807) is 6.92 Å². The summed E-state index contributed by atoms with van der Waals surface area (Å²) >= 11 is 1.91. The molecular formula is C27H50FN4O5PS. The first-order valence-corrected chi connectivity index (χ1v) is 17.7. The number of thioether (sulfide) groups is 1. The number of rotatable bonds is 23. The third-order valence-corrected chi connectivity index (χ3v) is 10.2. The van der Waals surface area contributed by atoms with Crippen LogP contribution in [0.1, 0.15) is 103 Å². The molecule has 0 aromatic heterocycles. The van der Waals surface area contributed by atoms with Gasteiger partial charge in [-0.2, -0.15) is 16.0 Å². The highest BCUT2D eigenvalue weighted by atomic mass is 32.2. The molecule has 0 bridgehead atoms. The molecule has 0 aromatic rings. The van der Waals surface area contributed by atoms with E-state index in [1.807, 2.05) is 11.8 Å². The standard InChI is InChI=1S/C27H50FN4O5PS/c1-2-37-38(28,36)20-14-7-5-3-4-6-9-16-24(33)29-18-12-8-13-19-30-25(34)17-11-10-15-23-26-22(21-39-23)31-27(35)32-26/h22-23,26H,2-21H2,1H3,(H,29,33)(H,30,34)(H2,31,32,35)/t22-,23-,26-,38?/m0/s1. The monoisotopic (exact) mass is 592 g/mol. The molecule has 2 aliphatic heterocycles. The molecular weight excluding hydrogens is 542 g/mol. The minimum Gasteiger partial charge on any atom is -0.356 e. The average molecular weight is 593 g/mol. The van der Waals surface area contributed by atoms with Gasteiger partial charge in [0.25, 0.3) is 0 Å². The zero-order valence-corrected chi connectivity index (χ0v) is 25.4. The molecule has 12 heteroatoms. The van der Waals surface area contributed by atoms with Gasteiger partial charge in [0.15, 0.2) is 0 Å². The van der Waals surface area contributed by atoms with E-state index in [1.165, 1.54) is 0 Å². The van der Waals surface area contributed by atoms with Crippen LogP contribution in [0.5, 0.6) is 0 Å². The van der Waals surface area contributed by atoms with Gasteiger partial charge in [0, 0.05) is 36.9 Å². The normalized spacial score (nSPS) is 21.6. The van der Waals surface area contributed by atoms with E-state index in [-0.39, 0.29) is 42.7 Å². The number of urea groups is 1. The molecule has 226 valence electrons. The molecule has 2 aliphatic rings. The summed E-state index contributed by atoms with van der Waals surface area (Å²) in [6, 6.07) is 0.427. The van der Waals surface area contributed by atoms with Crippen LogP contribution in [0.4, 0.5) is 8.99 Å². The summed E-state index contributed by atoms with van der Waals surface area (Å²) in [7, 11) is -3.87. The molecule has 39 heavy (non-hydrogen) atoms. The van der Waals surface area contributed by atoms with Gasteiger partial charge in [0.1, 0.15) is 0 Å². The first-order valence-electron chi connectivity index (χ1n) is 15.0. The Kier molecular flexibility index (Phi) is 17.1. The lowest BCUT2D eigenvalue weighted by molar-refractivity contribution is -0.121. The number of carbonyl (C=O) groups is 3. The van der Waals surface area contributed by atoms with Crippen molar-refractivity contribution in [2.45, 2.75) is 121 Å². The molecule has 2 heterocycles. The van der Waals surface area contributed by atoms with E-state index in [0.29, 0.717) is 37.6 Å². The number of hydrogen-bond donors (Lipinski definition) is 4. The molecule has 0 aromatic carbocycles. The van der Waals surface area contributed by atoms with Crippen LogP contribution in [-0.4, -0.2) is 66.8 Å². The Balaban J connectivity index is 1.30. The SMILES string of the molecule is CCOP(=O)(F)CCCCCCCCCC(=O)NCCCCCNC(=O)CCCC[C@@H]1SC[C@@H]2NC(=O)N[C@@H]21. The molecule has 2 fully saturated rings. The minimum atomic E-state index is -3.87. The third-order valence-electron chi connectivity index (χ3n) is 7.23. The van der Waals surface area contributed by atoms with Gasteiger partial charge in [-0.25, -0.2) is 4.79 Å². The molecule has 2 rings (SSSR count). The maximum atomic E-state index is 13.4. The third kappa shape index (κ3) is 15.3. The lowest BCUT2D eigenvalue weighted by atomic mass is 10.0. The van der Waals surface area contributed by atoms with Gasteiger partial charge in [0.2, 0.25) is 11.8 Å². The van der Waals surface area contributed by atoms with Gasteiger partial charge >= 0.3 is 13.7 Å². The second-order valence-corrected chi connectivity index (χ2v) is 13.7. The smallest absolute Gasteiger partial charge is 0.356 e. The molecule has 0 spiro atoms. The van der Waals surface area contributed by atoms with Gasteiger partial charge in [-0.05, 0) is 51.9 Å². The Morgan fingerprint density at radius 3 is 2.10 bits per heavy atom. The van der Waals surface area contributed by atoms with Crippen molar-refractivity contribution >= 4 is 37.3 Å². The van der Waals surface area contributed by atoms with Crippen molar-refractivity contribution < 1.29 is 27.7 Å². The Labute approximate surface area is 238 Å². The number of hydrogen-bond acceptors (Lipinski definition) is 6. The van der Waals surface area contributed by atoms with Crippen LogP contribution in [-0.2, 0) is 18.7 Å². The molecule has 0 aliphatic carbocycles. The van der Waals surface area contributed by atoms with Gasteiger partial charge < -0.3 is 25.8 Å². The largest absolute Gasteiger partial charge is 0.367 e. The summed E-state index contributed by atoms with van der Waals surface area (Å²) in [5.74, 6) is 1.16. The molecule has 0 saturated carbocycles. The molecule has 4 amide bonds. The maximum Gasteiger partial charge on any atom is 0.367 e. The summed E-state index contributed by atoms with van der Waals surface area (Å²) < 4.78 is 29.4. The van der Waals surface area contributed by atoms with E-state index >= 15 is 0 Å². The summed E-state index contributed by atoms with van der Waals surface area (Å²) in [6.45, 7) is 3.13. The van der Waals surface area contributed by atoms with Crippen molar-refractivity contribution in [2.75, 3.05) is 31.6 Å². The van der Waals surface area contributed by atoms with Crippen molar-refractivity contribution in [3.63, 3.8) is 0 Å². The molecule has 1 unspecified atom stereocenters. The van der Waals surface area contributed by atoms with E-state index in [4.69, 9.17) is 0 Å². The quantitative estimate of drug-likeness (QED) is 0.0712. The number of carbonyl (C=O) groups excluding carboxylic acids is 3. The van der Waals surface area contributed by atoms with Crippen molar-refractivity contribution in [1.29, 1.82) is 0 Å². The van der Waals surface area contributed by atoms with E-state index in [9.17, 15) is 23.1 Å². The summed E-state index contributed by atoms with van der Waals surface area (Å²) in [4.78, 5) is 35.4. The number of halogens is 1. The second kappa shape index (κ2) is 19.7. The molecule has 9 nitrogen and oxygen atoms in total. The molecule has 0 radical (unpaired) electrons. The van der Waals surface area contributed by atoms with Crippen LogP contribution < -0.4 is 21.3 Å². The Morgan fingerprint density at radius 1 is 0.897 bits per heavy atom. The van der Waals surface area contributed by atoms with Crippen LogP contribution in [0.15, 0.2) is 0 Å². The Morgan fingerprint density at radius 2 is 1.46 bits per heavy atom. The zero-order chi connectivity index (χ0) is 28.3. The fourth-order valence-electron chi connectivity index (χ4n) is 5.06. The number of fused-ring (bicyclic) bond motifs is 1. The van der Waals surface area contributed by atoms with Crippen molar-refractivity contribution in [2.24, 2.45) is 0 Å². The fraction of sp³-hybridized carbons (Fsp3) is 0.889. The van der Waals surface area contributed by atoms with Crippen LogP contribution in [0.3, 0.4) is 0 Å². The average Bonchev–Trinajstić information content (AvgIpc) is 3.44. The lowest BCUT2D eigenvalue weighted by Crippen LogP contribution is -2.36. The van der Waals surface area contributed by atoms with Gasteiger partial charge in [-0.1, -0.05) is 38.5 Å². The summed E-state index contributed by atoms with van der Waals surface area (Å²) in [5.41, 5.74) is 0. The van der Waals surface area contributed by atoms with Gasteiger partial charge in [0.05, 0.1) is 24.9 Å².